The molecule has 0 amide bonds. The number of benzene rings is 1. The predicted molar refractivity (Wildman–Crippen MR) is 76.0 cm³/mol. The molecule has 1 aromatic carbocycles. The van der Waals surface area contributed by atoms with Crippen LogP contribution >= 0.6 is 0 Å². The molecule has 1 fully saturated rings. The quantitative estimate of drug-likeness (QED) is 0.865. The molecule has 1 aliphatic carbocycles. The minimum Gasteiger partial charge on any atom is -0.458 e. The maximum atomic E-state index is 10.3. The Bertz CT molecular complexity index is 511. The van der Waals surface area contributed by atoms with E-state index in [2.05, 4.69) is 11.8 Å². The van der Waals surface area contributed by atoms with Crippen LogP contribution in [0.3, 0.4) is 0 Å². The molecule has 19 heavy (non-hydrogen) atoms. The Hall–Kier alpha value is -1.32. The van der Waals surface area contributed by atoms with Gasteiger partial charge in [-0.3, -0.25) is 0 Å². The van der Waals surface area contributed by atoms with Crippen LogP contribution in [0.15, 0.2) is 34.7 Å². The van der Waals surface area contributed by atoms with Crippen molar-refractivity contribution in [2.75, 3.05) is 19.6 Å². The zero-order chi connectivity index (χ0) is 13.2. The molecule has 1 atom stereocenters. The van der Waals surface area contributed by atoms with Crippen molar-refractivity contribution in [2.45, 2.75) is 25.9 Å². The van der Waals surface area contributed by atoms with E-state index >= 15 is 0 Å². The number of aliphatic hydroxyl groups excluding tert-OH is 1. The predicted octanol–water partition coefficient (Wildman–Crippen LogP) is 3.20. The lowest BCUT2D eigenvalue weighted by molar-refractivity contribution is 0.0961. The Morgan fingerprint density at radius 3 is 2.84 bits per heavy atom. The summed E-state index contributed by atoms with van der Waals surface area (Å²) in [7, 11) is 0. The molecule has 2 aromatic rings. The van der Waals surface area contributed by atoms with Crippen LogP contribution in [0, 0.1) is 5.92 Å². The van der Waals surface area contributed by atoms with Crippen molar-refractivity contribution >= 4 is 11.0 Å². The maximum Gasteiger partial charge on any atom is 0.135 e. The van der Waals surface area contributed by atoms with Gasteiger partial charge in [-0.15, -0.1) is 0 Å². The molecule has 0 bridgehead atoms. The second-order valence-corrected chi connectivity index (χ2v) is 5.50. The van der Waals surface area contributed by atoms with Gasteiger partial charge in [-0.1, -0.05) is 25.1 Å². The monoisotopic (exact) mass is 259 g/mol. The highest BCUT2D eigenvalue weighted by Gasteiger charge is 2.25. The summed E-state index contributed by atoms with van der Waals surface area (Å²) in [5.74, 6) is 1.53. The van der Waals surface area contributed by atoms with Gasteiger partial charge in [0.15, 0.2) is 0 Å². The van der Waals surface area contributed by atoms with Crippen molar-refractivity contribution in [3.05, 3.63) is 36.1 Å². The molecule has 0 radical (unpaired) electrons. The highest BCUT2D eigenvalue weighted by molar-refractivity contribution is 5.77. The van der Waals surface area contributed by atoms with Crippen LogP contribution < -0.4 is 0 Å². The van der Waals surface area contributed by atoms with Crippen molar-refractivity contribution < 1.29 is 9.52 Å². The molecule has 3 rings (SSSR count). The smallest absolute Gasteiger partial charge is 0.135 e. The van der Waals surface area contributed by atoms with E-state index in [1.807, 2.05) is 30.3 Å². The lowest BCUT2D eigenvalue weighted by Crippen LogP contribution is -2.30. The molecule has 0 aliphatic heterocycles. The summed E-state index contributed by atoms with van der Waals surface area (Å²) in [6, 6.07) is 9.84. The van der Waals surface area contributed by atoms with Gasteiger partial charge in [0.2, 0.25) is 0 Å². The van der Waals surface area contributed by atoms with E-state index in [4.69, 9.17) is 4.42 Å². The average molecular weight is 259 g/mol. The van der Waals surface area contributed by atoms with Crippen molar-refractivity contribution in [3.63, 3.8) is 0 Å². The van der Waals surface area contributed by atoms with Crippen LogP contribution in [0.4, 0.5) is 0 Å². The first-order chi connectivity index (χ1) is 9.26. The Morgan fingerprint density at radius 1 is 1.37 bits per heavy atom. The fourth-order valence-corrected chi connectivity index (χ4v) is 2.50. The van der Waals surface area contributed by atoms with Crippen molar-refractivity contribution in [3.8, 4) is 0 Å². The van der Waals surface area contributed by atoms with Gasteiger partial charge < -0.3 is 14.4 Å². The topological polar surface area (TPSA) is 36.6 Å². The summed E-state index contributed by atoms with van der Waals surface area (Å²) >= 11 is 0. The first-order valence-electron chi connectivity index (χ1n) is 7.15. The van der Waals surface area contributed by atoms with Crippen LogP contribution in [0.25, 0.3) is 11.0 Å². The number of hydrogen-bond acceptors (Lipinski definition) is 3. The molecule has 1 aromatic heterocycles. The number of nitrogens with zero attached hydrogens (tertiary/aromatic N) is 1. The van der Waals surface area contributed by atoms with Crippen LogP contribution in [-0.2, 0) is 0 Å². The van der Waals surface area contributed by atoms with E-state index in [1.54, 1.807) is 0 Å². The van der Waals surface area contributed by atoms with Gasteiger partial charge in [-0.2, -0.15) is 0 Å². The number of para-hydroxylation sites is 1. The van der Waals surface area contributed by atoms with Crippen molar-refractivity contribution in [2.24, 2.45) is 5.92 Å². The van der Waals surface area contributed by atoms with E-state index in [1.165, 1.54) is 12.8 Å². The normalized spacial score (nSPS) is 17.2. The zero-order valence-electron chi connectivity index (χ0n) is 11.4. The zero-order valence-corrected chi connectivity index (χ0v) is 11.4. The van der Waals surface area contributed by atoms with Gasteiger partial charge >= 0.3 is 0 Å². The van der Waals surface area contributed by atoms with Crippen LogP contribution in [0.1, 0.15) is 31.6 Å². The molecule has 3 heteroatoms. The summed E-state index contributed by atoms with van der Waals surface area (Å²) in [6.07, 6.45) is 2.15. The van der Waals surface area contributed by atoms with E-state index in [0.717, 1.165) is 30.0 Å². The number of likely N-dealkylation sites (N-methyl/N-ethyl adjacent to an activating group) is 1. The summed E-state index contributed by atoms with van der Waals surface area (Å²) in [4.78, 5) is 2.32. The lowest BCUT2D eigenvalue weighted by Gasteiger charge is -2.22. The average Bonchev–Trinajstić information content (AvgIpc) is 3.13. The molecular weight excluding hydrogens is 238 g/mol. The second kappa shape index (κ2) is 5.35. The van der Waals surface area contributed by atoms with Gasteiger partial charge in [-0.25, -0.2) is 0 Å². The Labute approximate surface area is 113 Å². The standard InChI is InChI=1S/C16H21NO2/c1-2-17(10-12-7-8-12)11-14(18)16-9-13-5-3-4-6-15(13)19-16/h3-6,9,12,14,18H,2,7-8,10-11H2,1H3. The molecule has 1 heterocycles. The van der Waals surface area contributed by atoms with Crippen molar-refractivity contribution in [1.29, 1.82) is 0 Å². The van der Waals surface area contributed by atoms with E-state index in [-0.39, 0.29) is 0 Å². The third-order valence-corrected chi connectivity index (χ3v) is 3.86. The van der Waals surface area contributed by atoms with Gasteiger partial charge in [0.05, 0.1) is 0 Å². The minimum absolute atomic E-state index is 0.536. The first-order valence-corrected chi connectivity index (χ1v) is 7.15. The molecule has 0 saturated heterocycles. The number of fused-ring (bicyclic) bond motifs is 1. The second-order valence-electron chi connectivity index (χ2n) is 5.50. The number of hydrogen-bond donors (Lipinski definition) is 1. The van der Waals surface area contributed by atoms with E-state index < -0.39 is 6.10 Å². The van der Waals surface area contributed by atoms with Crippen LogP contribution in [-0.4, -0.2) is 29.6 Å². The van der Waals surface area contributed by atoms with E-state index in [9.17, 15) is 5.11 Å². The minimum atomic E-state index is -0.536. The van der Waals surface area contributed by atoms with Crippen LogP contribution in [0.2, 0.25) is 0 Å². The molecule has 102 valence electrons. The summed E-state index contributed by atoms with van der Waals surface area (Å²) < 4.78 is 5.72. The highest BCUT2D eigenvalue weighted by atomic mass is 16.4. The van der Waals surface area contributed by atoms with Crippen molar-refractivity contribution in [1.82, 2.24) is 4.90 Å². The number of rotatable bonds is 6. The fraction of sp³-hybridized carbons (Fsp3) is 0.500. The number of aliphatic hydroxyl groups is 1. The number of furan rings is 1. The van der Waals surface area contributed by atoms with E-state index in [0.29, 0.717) is 12.3 Å². The Kier molecular flexibility index (Phi) is 3.58. The first kappa shape index (κ1) is 12.7. The van der Waals surface area contributed by atoms with Gasteiger partial charge in [0.25, 0.3) is 0 Å². The third kappa shape index (κ3) is 2.99. The fourth-order valence-electron chi connectivity index (χ4n) is 2.50. The Balaban J connectivity index is 1.69. The molecular formula is C16H21NO2. The molecule has 0 spiro atoms. The summed E-state index contributed by atoms with van der Waals surface area (Å²) in [5.41, 5.74) is 0.849. The van der Waals surface area contributed by atoms with Gasteiger partial charge in [-0.05, 0) is 37.4 Å². The maximum absolute atomic E-state index is 10.3. The molecule has 1 aliphatic rings. The Morgan fingerprint density at radius 2 is 2.16 bits per heavy atom. The molecule has 1 unspecified atom stereocenters. The van der Waals surface area contributed by atoms with Gasteiger partial charge in [0.1, 0.15) is 17.4 Å². The summed E-state index contributed by atoms with van der Waals surface area (Å²) in [5, 5.41) is 11.4. The SMILES string of the molecule is CCN(CC1CC1)CC(O)c1cc2ccccc2o1. The molecule has 1 saturated carbocycles. The van der Waals surface area contributed by atoms with Crippen LogP contribution in [0.5, 0.6) is 0 Å². The lowest BCUT2D eigenvalue weighted by atomic mass is 10.2. The largest absolute Gasteiger partial charge is 0.458 e. The van der Waals surface area contributed by atoms with Gasteiger partial charge in [0, 0.05) is 18.5 Å². The summed E-state index contributed by atoms with van der Waals surface area (Å²) in [6.45, 7) is 4.89. The molecule has 1 N–H and O–H groups in total. The highest BCUT2D eigenvalue weighted by Crippen LogP contribution is 2.30. The molecule has 3 nitrogen and oxygen atoms in total. The third-order valence-electron chi connectivity index (χ3n) is 3.86.